The van der Waals surface area contributed by atoms with Crippen LogP contribution >= 0.6 is 23.2 Å². The molecule has 1 N–H and O–H groups in total. The standard InChI is InChI=1S/C18H21Cl2NO/c1-2-10-22-18-15(11-16(19)12-17(18)20)13-21-9-8-14-6-4-3-5-7-14/h3-7,11-12,21H,2,8-10,13H2,1H3. The van der Waals surface area contributed by atoms with Gasteiger partial charge in [-0.15, -0.1) is 0 Å². The van der Waals surface area contributed by atoms with Gasteiger partial charge in [-0.25, -0.2) is 0 Å². The van der Waals surface area contributed by atoms with E-state index in [4.69, 9.17) is 27.9 Å². The van der Waals surface area contributed by atoms with Crippen molar-refractivity contribution in [2.75, 3.05) is 13.2 Å². The van der Waals surface area contributed by atoms with Crippen LogP contribution in [0.5, 0.6) is 5.75 Å². The van der Waals surface area contributed by atoms with E-state index in [2.05, 4.69) is 36.5 Å². The summed E-state index contributed by atoms with van der Waals surface area (Å²) in [7, 11) is 0. The van der Waals surface area contributed by atoms with Crippen molar-refractivity contribution in [3.05, 3.63) is 63.6 Å². The van der Waals surface area contributed by atoms with Crippen molar-refractivity contribution in [2.24, 2.45) is 0 Å². The zero-order chi connectivity index (χ0) is 15.8. The van der Waals surface area contributed by atoms with Crippen LogP contribution in [0.3, 0.4) is 0 Å². The van der Waals surface area contributed by atoms with Gasteiger partial charge < -0.3 is 10.1 Å². The van der Waals surface area contributed by atoms with Crippen LogP contribution in [-0.4, -0.2) is 13.2 Å². The fraction of sp³-hybridized carbons (Fsp3) is 0.333. The second kappa shape index (κ2) is 9.04. The van der Waals surface area contributed by atoms with E-state index < -0.39 is 0 Å². The third kappa shape index (κ3) is 5.20. The molecule has 0 saturated heterocycles. The van der Waals surface area contributed by atoms with Crippen molar-refractivity contribution >= 4 is 23.2 Å². The fourth-order valence-electron chi connectivity index (χ4n) is 2.21. The predicted octanol–water partition coefficient (Wildman–Crippen LogP) is 5.11. The molecule has 0 fully saturated rings. The maximum Gasteiger partial charge on any atom is 0.142 e. The smallest absolute Gasteiger partial charge is 0.142 e. The summed E-state index contributed by atoms with van der Waals surface area (Å²) in [5.41, 5.74) is 2.32. The average molecular weight is 338 g/mol. The summed E-state index contributed by atoms with van der Waals surface area (Å²) in [6.07, 6.45) is 1.93. The highest BCUT2D eigenvalue weighted by atomic mass is 35.5. The second-order valence-corrected chi connectivity index (χ2v) is 5.98. The van der Waals surface area contributed by atoms with Crippen molar-refractivity contribution in [1.29, 1.82) is 0 Å². The van der Waals surface area contributed by atoms with Crippen molar-refractivity contribution in [3.63, 3.8) is 0 Å². The number of halogens is 2. The maximum absolute atomic E-state index is 6.24. The van der Waals surface area contributed by atoms with Crippen LogP contribution in [0.1, 0.15) is 24.5 Å². The number of rotatable bonds is 8. The van der Waals surface area contributed by atoms with Gasteiger partial charge in [-0.2, -0.15) is 0 Å². The van der Waals surface area contributed by atoms with E-state index >= 15 is 0 Å². The molecular formula is C18H21Cl2NO. The van der Waals surface area contributed by atoms with Crippen LogP contribution in [0.25, 0.3) is 0 Å². The van der Waals surface area contributed by atoms with Crippen LogP contribution < -0.4 is 10.1 Å². The van der Waals surface area contributed by atoms with Crippen molar-refractivity contribution in [3.8, 4) is 5.75 Å². The van der Waals surface area contributed by atoms with Gasteiger partial charge in [0.05, 0.1) is 11.6 Å². The Kier molecular flexibility index (Phi) is 7.04. The largest absolute Gasteiger partial charge is 0.492 e. The highest BCUT2D eigenvalue weighted by Crippen LogP contribution is 2.32. The molecule has 0 aliphatic carbocycles. The first-order chi connectivity index (χ1) is 10.7. The van der Waals surface area contributed by atoms with Gasteiger partial charge in [0.15, 0.2) is 0 Å². The molecule has 0 unspecified atom stereocenters. The minimum Gasteiger partial charge on any atom is -0.492 e. The summed E-state index contributed by atoms with van der Waals surface area (Å²) in [5, 5.41) is 4.63. The van der Waals surface area contributed by atoms with Gasteiger partial charge in [0, 0.05) is 17.1 Å². The number of nitrogens with one attached hydrogen (secondary N) is 1. The van der Waals surface area contributed by atoms with Crippen LogP contribution in [0.4, 0.5) is 0 Å². The van der Waals surface area contributed by atoms with Gasteiger partial charge in [0.1, 0.15) is 5.75 Å². The third-order valence-corrected chi connectivity index (χ3v) is 3.78. The quantitative estimate of drug-likeness (QED) is 0.675. The Morgan fingerprint density at radius 3 is 2.59 bits per heavy atom. The molecule has 2 rings (SSSR count). The van der Waals surface area contributed by atoms with E-state index in [-0.39, 0.29) is 0 Å². The zero-order valence-electron chi connectivity index (χ0n) is 12.7. The van der Waals surface area contributed by atoms with E-state index in [1.54, 1.807) is 6.07 Å². The Balaban J connectivity index is 1.93. The summed E-state index contributed by atoms with van der Waals surface area (Å²) in [6.45, 7) is 4.30. The van der Waals surface area contributed by atoms with E-state index in [0.29, 0.717) is 23.2 Å². The summed E-state index contributed by atoms with van der Waals surface area (Å²) in [6, 6.07) is 14.0. The SMILES string of the molecule is CCCOc1c(Cl)cc(Cl)cc1CNCCc1ccccc1. The van der Waals surface area contributed by atoms with Gasteiger partial charge in [-0.3, -0.25) is 0 Å². The highest BCUT2D eigenvalue weighted by molar-refractivity contribution is 6.35. The van der Waals surface area contributed by atoms with Gasteiger partial charge >= 0.3 is 0 Å². The Hall–Kier alpha value is -1.22. The molecule has 0 saturated carbocycles. The lowest BCUT2D eigenvalue weighted by atomic mass is 10.1. The molecule has 0 atom stereocenters. The van der Waals surface area contributed by atoms with Crippen LogP contribution in [0, 0.1) is 0 Å². The van der Waals surface area contributed by atoms with Crippen LogP contribution in [-0.2, 0) is 13.0 Å². The second-order valence-electron chi connectivity index (χ2n) is 5.14. The highest BCUT2D eigenvalue weighted by Gasteiger charge is 2.10. The zero-order valence-corrected chi connectivity index (χ0v) is 14.3. The van der Waals surface area contributed by atoms with Crippen LogP contribution in [0.15, 0.2) is 42.5 Å². The molecule has 0 bridgehead atoms. The summed E-state index contributed by atoms with van der Waals surface area (Å²) in [4.78, 5) is 0. The topological polar surface area (TPSA) is 21.3 Å². The van der Waals surface area contributed by atoms with Crippen molar-refractivity contribution in [2.45, 2.75) is 26.3 Å². The average Bonchev–Trinajstić information content (AvgIpc) is 2.51. The number of benzene rings is 2. The predicted molar refractivity (Wildman–Crippen MR) is 94.1 cm³/mol. The van der Waals surface area contributed by atoms with Gasteiger partial charge in [0.25, 0.3) is 0 Å². The number of hydrogen-bond donors (Lipinski definition) is 1. The van der Waals surface area contributed by atoms with Gasteiger partial charge in [0.2, 0.25) is 0 Å². The third-order valence-electron chi connectivity index (χ3n) is 3.28. The molecule has 4 heteroatoms. The Morgan fingerprint density at radius 1 is 1.09 bits per heavy atom. The molecule has 2 nitrogen and oxygen atoms in total. The lowest BCUT2D eigenvalue weighted by molar-refractivity contribution is 0.313. The molecule has 0 amide bonds. The molecule has 0 radical (unpaired) electrons. The minimum atomic E-state index is 0.570. The van der Waals surface area contributed by atoms with E-state index in [9.17, 15) is 0 Å². The molecule has 118 valence electrons. The first kappa shape index (κ1) is 17.1. The maximum atomic E-state index is 6.24. The molecule has 0 aromatic heterocycles. The van der Waals surface area contributed by atoms with E-state index in [0.717, 1.165) is 30.7 Å². The molecule has 2 aromatic rings. The van der Waals surface area contributed by atoms with Crippen molar-refractivity contribution < 1.29 is 4.74 Å². The summed E-state index contributed by atoms with van der Waals surface area (Å²) < 4.78 is 5.76. The Morgan fingerprint density at radius 2 is 1.86 bits per heavy atom. The molecule has 0 aliphatic heterocycles. The number of hydrogen-bond acceptors (Lipinski definition) is 2. The normalized spacial score (nSPS) is 10.7. The summed E-state index contributed by atoms with van der Waals surface area (Å²) in [5.74, 6) is 0.736. The van der Waals surface area contributed by atoms with Gasteiger partial charge in [-0.1, -0.05) is 60.5 Å². The fourth-order valence-corrected chi connectivity index (χ4v) is 2.80. The van der Waals surface area contributed by atoms with Crippen molar-refractivity contribution in [1.82, 2.24) is 5.32 Å². The molecule has 2 aromatic carbocycles. The Bertz CT molecular complexity index is 587. The lowest BCUT2D eigenvalue weighted by Gasteiger charge is -2.14. The van der Waals surface area contributed by atoms with Crippen LogP contribution in [0.2, 0.25) is 10.0 Å². The molecule has 22 heavy (non-hydrogen) atoms. The number of ether oxygens (including phenoxy) is 1. The monoisotopic (exact) mass is 337 g/mol. The van der Waals surface area contributed by atoms with Gasteiger partial charge in [-0.05, 0) is 37.1 Å². The molecule has 0 aliphatic rings. The molecular weight excluding hydrogens is 317 g/mol. The minimum absolute atomic E-state index is 0.570. The van der Waals surface area contributed by atoms with E-state index in [1.165, 1.54) is 5.56 Å². The molecule has 0 spiro atoms. The first-order valence-electron chi connectivity index (χ1n) is 7.56. The summed E-state index contributed by atoms with van der Waals surface area (Å²) >= 11 is 12.3. The molecule has 0 heterocycles. The lowest BCUT2D eigenvalue weighted by Crippen LogP contribution is -2.17. The van der Waals surface area contributed by atoms with E-state index in [1.807, 2.05) is 12.1 Å². The Labute approximate surface area is 142 Å². The first-order valence-corrected chi connectivity index (χ1v) is 8.31.